The van der Waals surface area contributed by atoms with Crippen molar-refractivity contribution >= 4 is 5.91 Å². The number of carbonyl (C=O) groups is 1. The summed E-state index contributed by atoms with van der Waals surface area (Å²) in [6.45, 7) is 0.511. The molecule has 0 spiro atoms. The van der Waals surface area contributed by atoms with Crippen molar-refractivity contribution < 1.29 is 14.6 Å². The summed E-state index contributed by atoms with van der Waals surface area (Å²) in [7, 11) is 1.87. The highest BCUT2D eigenvalue weighted by molar-refractivity contribution is 5.77. The van der Waals surface area contributed by atoms with Gasteiger partial charge < -0.3 is 14.7 Å². The first-order valence-electron chi connectivity index (χ1n) is 6.69. The number of aliphatic hydroxyl groups excluding tert-OH is 1. The van der Waals surface area contributed by atoms with E-state index in [1.165, 1.54) is 0 Å². The lowest BCUT2D eigenvalue weighted by Crippen LogP contribution is -2.34. The van der Waals surface area contributed by atoms with E-state index in [0.29, 0.717) is 12.0 Å². The van der Waals surface area contributed by atoms with Crippen molar-refractivity contribution in [2.45, 2.75) is 50.7 Å². The van der Waals surface area contributed by atoms with Crippen LogP contribution in [0.2, 0.25) is 0 Å². The van der Waals surface area contributed by atoms with Gasteiger partial charge in [-0.1, -0.05) is 0 Å². The lowest BCUT2D eigenvalue weighted by Gasteiger charge is -2.27. The van der Waals surface area contributed by atoms with E-state index in [1.54, 1.807) is 0 Å². The Bertz CT molecular complexity index is 257. The second-order valence-corrected chi connectivity index (χ2v) is 5.37. The molecule has 1 N–H and O–H groups in total. The summed E-state index contributed by atoms with van der Waals surface area (Å²) in [5.74, 6) is 0.552. The van der Waals surface area contributed by atoms with E-state index in [-0.39, 0.29) is 25.2 Å². The third kappa shape index (κ3) is 3.68. The van der Waals surface area contributed by atoms with Gasteiger partial charge in [-0.2, -0.15) is 0 Å². The Morgan fingerprint density at radius 1 is 1.24 bits per heavy atom. The Morgan fingerprint density at radius 2 is 1.88 bits per heavy atom. The van der Waals surface area contributed by atoms with Gasteiger partial charge in [0.1, 0.15) is 6.61 Å². The Hall–Kier alpha value is -0.610. The summed E-state index contributed by atoms with van der Waals surface area (Å²) >= 11 is 0. The Morgan fingerprint density at radius 3 is 2.41 bits per heavy atom. The molecule has 4 nitrogen and oxygen atoms in total. The summed E-state index contributed by atoms with van der Waals surface area (Å²) in [6, 6.07) is 0.469. The van der Waals surface area contributed by atoms with E-state index in [2.05, 4.69) is 0 Å². The molecule has 0 unspecified atom stereocenters. The van der Waals surface area contributed by atoms with Crippen LogP contribution in [0.5, 0.6) is 0 Å². The number of aliphatic hydroxyl groups is 1. The van der Waals surface area contributed by atoms with Crippen molar-refractivity contribution in [1.82, 2.24) is 4.90 Å². The molecule has 2 saturated carbocycles. The SMILES string of the molecule is CN(C(=O)COC1CCC(CO)CC1)C1CC1. The van der Waals surface area contributed by atoms with Gasteiger partial charge in [0.25, 0.3) is 0 Å². The second-order valence-electron chi connectivity index (χ2n) is 5.37. The molecule has 4 heteroatoms. The monoisotopic (exact) mass is 241 g/mol. The van der Waals surface area contributed by atoms with Crippen LogP contribution in [-0.4, -0.2) is 48.3 Å². The minimum absolute atomic E-state index is 0.108. The standard InChI is InChI=1S/C13H23NO3/c1-14(11-4-5-11)13(16)9-17-12-6-2-10(8-15)3-7-12/h10-12,15H,2-9H2,1H3. The zero-order valence-electron chi connectivity index (χ0n) is 10.6. The first-order chi connectivity index (χ1) is 8.20. The molecule has 2 rings (SSSR count). The van der Waals surface area contributed by atoms with E-state index >= 15 is 0 Å². The fourth-order valence-electron chi connectivity index (χ4n) is 2.44. The number of carbonyl (C=O) groups excluding carboxylic acids is 1. The number of rotatable bonds is 5. The Labute approximate surface area is 103 Å². The topological polar surface area (TPSA) is 49.8 Å². The van der Waals surface area contributed by atoms with Gasteiger partial charge in [0.2, 0.25) is 5.91 Å². The highest BCUT2D eigenvalue weighted by Crippen LogP contribution is 2.27. The van der Waals surface area contributed by atoms with Gasteiger partial charge in [-0.3, -0.25) is 4.79 Å². The van der Waals surface area contributed by atoms with Crippen LogP contribution in [0.3, 0.4) is 0 Å². The number of ether oxygens (including phenoxy) is 1. The molecule has 0 aromatic heterocycles. The average molecular weight is 241 g/mol. The molecule has 1 amide bonds. The van der Waals surface area contributed by atoms with Gasteiger partial charge in [0.05, 0.1) is 6.10 Å². The van der Waals surface area contributed by atoms with Crippen LogP contribution in [-0.2, 0) is 9.53 Å². The maximum Gasteiger partial charge on any atom is 0.248 e. The number of nitrogens with zero attached hydrogens (tertiary/aromatic N) is 1. The zero-order valence-corrected chi connectivity index (χ0v) is 10.6. The van der Waals surface area contributed by atoms with Crippen LogP contribution in [0.4, 0.5) is 0 Å². The fourth-order valence-corrected chi connectivity index (χ4v) is 2.44. The molecule has 0 bridgehead atoms. The maximum atomic E-state index is 11.7. The molecule has 0 heterocycles. The van der Waals surface area contributed by atoms with Crippen molar-refractivity contribution in [1.29, 1.82) is 0 Å². The van der Waals surface area contributed by atoms with Gasteiger partial charge >= 0.3 is 0 Å². The van der Waals surface area contributed by atoms with E-state index in [0.717, 1.165) is 38.5 Å². The van der Waals surface area contributed by atoms with Gasteiger partial charge in [0, 0.05) is 19.7 Å². The molecule has 2 aliphatic rings. The third-order valence-electron chi connectivity index (χ3n) is 3.98. The molecular weight excluding hydrogens is 218 g/mol. The second kappa shape index (κ2) is 5.83. The van der Waals surface area contributed by atoms with Gasteiger partial charge in [0.15, 0.2) is 0 Å². The van der Waals surface area contributed by atoms with Gasteiger partial charge in [-0.05, 0) is 44.4 Å². The average Bonchev–Trinajstić information content (AvgIpc) is 3.20. The summed E-state index contributed by atoms with van der Waals surface area (Å²) in [5.41, 5.74) is 0. The van der Waals surface area contributed by atoms with Gasteiger partial charge in [-0.25, -0.2) is 0 Å². The first-order valence-corrected chi connectivity index (χ1v) is 6.69. The number of hydrogen-bond donors (Lipinski definition) is 1. The van der Waals surface area contributed by atoms with Crippen molar-refractivity contribution in [2.75, 3.05) is 20.3 Å². The van der Waals surface area contributed by atoms with Crippen LogP contribution in [0, 0.1) is 5.92 Å². The van der Waals surface area contributed by atoms with Crippen LogP contribution >= 0.6 is 0 Å². The fraction of sp³-hybridized carbons (Fsp3) is 0.923. The number of amides is 1. The molecule has 17 heavy (non-hydrogen) atoms. The predicted octanol–water partition coefficient (Wildman–Crippen LogP) is 1.17. The lowest BCUT2D eigenvalue weighted by atomic mass is 9.88. The molecular formula is C13H23NO3. The van der Waals surface area contributed by atoms with Crippen molar-refractivity contribution in [2.24, 2.45) is 5.92 Å². The lowest BCUT2D eigenvalue weighted by molar-refractivity contribution is -0.138. The van der Waals surface area contributed by atoms with E-state index in [9.17, 15) is 4.79 Å². The minimum atomic E-state index is 0.108. The van der Waals surface area contributed by atoms with E-state index in [1.807, 2.05) is 11.9 Å². The summed E-state index contributed by atoms with van der Waals surface area (Å²) < 4.78 is 5.66. The highest BCUT2D eigenvalue weighted by atomic mass is 16.5. The van der Waals surface area contributed by atoms with E-state index in [4.69, 9.17) is 9.84 Å². The molecule has 0 aliphatic heterocycles. The molecule has 2 aliphatic carbocycles. The van der Waals surface area contributed by atoms with Crippen LogP contribution < -0.4 is 0 Å². The molecule has 98 valence electrons. The molecule has 0 radical (unpaired) electrons. The molecule has 2 fully saturated rings. The molecule has 0 saturated heterocycles. The number of hydrogen-bond acceptors (Lipinski definition) is 3. The summed E-state index contributed by atoms with van der Waals surface area (Å²) in [6.07, 6.45) is 6.50. The molecule has 0 aromatic carbocycles. The van der Waals surface area contributed by atoms with Crippen LogP contribution in [0.1, 0.15) is 38.5 Å². The summed E-state index contributed by atoms with van der Waals surface area (Å²) in [4.78, 5) is 13.6. The van der Waals surface area contributed by atoms with E-state index < -0.39 is 0 Å². The Balaban J connectivity index is 1.63. The smallest absolute Gasteiger partial charge is 0.248 e. The normalized spacial score (nSPS) is 29.1. The van der Waals surface area contributed by atoms with Crippen molar-refractivity contribution in [3.05, 3.63) is 0 Å². The van der Waals surface area contributed by atoms with Crippen molar-refractivity contribution in [3.63, 3.8) is 0 Å². The third-order valence-corrected chi connectivity index (χ3v) is 3.98. The quantitative estimate of drug-likeness (QED) is 0.786. The maximum absolute atomic E-state index is 11.7. The highest BCUT2D eigenvalue weighted by Gasteiger charge is 2.30. The van der Waals surface area contributed by atoms with Gasteiger partial charge in [-0.15, -0.1) is 0 Å². The largest absolute Gasteiger partial charge is 0.396 e. The van der Waals surface area contributed by atoms with Crippen LogP contribution in [0.15, 0.2) is 0 Å². The summed E-state index contributed by atoms with van der Waals surface area (Å²) in [5, 5.41) is 9.03. The predicted molar refractivity (Wildman–Crippen MR) is 64.6 cm³/mol. The molecule has 0 aromatic rings. The molecule has 0 atom stereocenters. The zero-order chi connectivity index (χ0) is 12.3. The van der Waals surface area contributed by atoms with Crippen molar-refractivity contribution in [3.8, 4) is 0 Å². The minimum Gasteiger partial charge on any atom is -0.396 e. The Kier molecular flexibility index (Phi) is 4.40. The first kappa shape index (κ1) is 12.8. The van der Waals surface area contributed by atoms with Crippen LogP contribution in [0.25, 0.3) is 0 Å². The number of likely N-dealkylation sites (N-methyl/N-ethyl adjacent to an activating group) is 1.